The van der Waals surface area contributed by atoms with Crippen molar-refractivity contribution in [3.63, 3.8) is 0 Å². The van der Waals surface area contributed by atoms with Crippen molar-refractivity contribution in [3.8, 4) is 28.6 Å². The number of carbonyl (C=O) groups is 1. The third-order valence-corrected chi connectivity index (χ3v) is 5.85. The first-order valence-corrected chi connectivity index (χ1v) is 11.3. The number of thioether (sulfide) groups is 1. The van der Waals surface area contributed by atoms with Crippen LogP contribution in [0.4, 0.5) is 5.69 Å². The highest BCUT2D eigenvalue weighted by molar-refractivity contribution is 7.99. The first-order valence-electron chi connectivity index (χ1n) is 10.3. The fraction of sp³-hybridized carbons (Fsp3) is 0.160. The van der Waals surface area contributed by atoms with Crippen LogP contribution < -0.4 is 14.8 Å². The van der Waals surface area contributed by atoms with E-state index in [1.807, 2.05) is 60.0 Å². The van der Waals surface area contributed by atoms with Gasteiger partial charge in [-0.25, -0.2) is 0 Å². The van der Waals surface area contributed by atoms with Crippen molar-refractivity contribution in [1.29, 1.82) is 0 Å². The quantitative estimate of drug-likeness (QED) is 0.373. The Labute approximate surface area is 196 Å². The highest BCUT2D eigenvalue weighted by Crippen LogP contribution is 2.31. The second kappa shape index (κ2) is 10.2. The van der Waals surface area contributed by atoms with Crippen molar-refractivity contribution < 1.29 is 14.3 Å². The highest BCUT2D eigenvalue weighted by atomic mass is 32.2. The largest absolute Gasteiger partial charge is 0.493 e. The van der Waals surface area contributed by atoms with Crippen LogP contribution in [0.25, 0.3) is 17.1 Å². The van der Waals surface area contributed by atoms with E-state index >= 15 is 0 Å². The Balaban J connectivity index is 1.55. The molecule has 0 atom stereocenters. The van der Waals surface area contributed by atoms with Crippen LogP contribution in [0.3, 0.4) is 0 Å². The average molecular weight is 461 g/mol. The summed E-state index contributed by atoms with van der Waals surface area (Å²) in [6, 6.07) is 23.3. The summed E-state index contributed by atoms with van der Waals surface area (Å²) in [5.41, 5.74) is 3.66. The lowest BCUT2D eigenvalue weighted by Crippen LogP contribution is -2.14. The van der Waals surface area contributed by atoms with E-state index in [0.717, 1.165) is 22.6 Å². The highest BCUT2D eigenvalue weighted by Gasteiger charge is 2.17. The molecule has 0 spiro atoms. The zero-order chi connectivity index (χ0) is 23.2. The van der Waals surface area contributed by atoms with Crippen molar-refractivity contribution in [1.82, 2.24) is 14.8 Å². The van der Waals surface area contributed by atoms with Crippen LogP contribution in [-0.4, -0.2) is 40.6 Å². The van der Waals surface area contributed by atoms with Gasteiger partial charge in [0, 0.05) is 23.0 Å². The van der Waals surface area contributed by atoms with Crippen molar-refractivity contribution >= 4 is 23.4 Å². The molecule has 1 N–H and O–H groups in total. The lowest BCUT2D eigenvalue weighted by Gasteiger charge is -2.12. The summed E-state index contributed by atoms with van der Waals surface area (Å²) in [6.07, 6.45) is 0. The number of nitrogens with zero attached hydrogens (tertiary/aromatic N) is 3. The number of nitrogens with one attached hydrogen (secondary N) is 1. The molecule has 4 rings (SSSR count). The molecule has 0 fully saturated rings. The average Bonchev–Trinajstić information content (AvgIpc) is 3.27. The standard InChI is InChI=1S/C25H24N4O3S/c1-17-8-7-9-18(14-17)24-27-28-25(29(24)20-10-5-4-6-11-20)33-16-23(30)26-19-12-13-21(31-2)22(15-19)32-3/h4-15H,16H2,1-3H3,(H,26,30). The SMILES string of the molecule is COc1ccc(NC(=O)CSc2nnc(-c3cccc(C)c3)n2-c2ccccc2)cc1OC. The maximum Gasteiger partial charge on any atom is 0.234 e. The first-order chi connectivity index (χ1) is 16.1. The van der Waals surface area contributed by atoms with Crippen LogP contribution in [-0.2, 0) is 4.79 Å². The summed E-state index contributed by atoms with van der Waals surface area (Å²) in [6.45, 7) is 2.04. The van der Waals surface area contributed by atoms with Crippen LogP contribution in [0.15, 0.2) is 78.0 Å². The zero-order valence-corrected chi connectivity index (χ0v) is 19.4. The minimum atomic E-state index is -0.160. The number of rotatable bonds is 8. The molecular weight excluding hydrogens is 436 g/mol. The molecule has 0 aliphatic rings. The maximum absolute atomic E-state index is 12.6. The summed E-state index contributed by atoms with van der Waals surface area (Å²) in [5.74, 6) is 1.89. The van der Waals surface area contributed by atoms with E-state index in [2.05, 4.69) is 21.6 Å². The van der Waals surface area contributed by atoms with E-state index in [4.69, 9.17) is 9.47 Å². The first kappa shape index (κ1) is 22.4. The number of methoxy groups -OCH3 is 2. The molecule has 0 unspecified atom stereocenters. The van der Waals surface area contributed by atoms with E-state index in [-0.39, 0.29) is 11.7 Å². The predicted octanol–water partition coefficient (Wildman–Crippen LogP) is 4.99. The van der Waals surface area contributed by atoms with E-state index in [0.29, 0.717) is 22.3 Å². The Morgan fingerprint density at radius 2 is 1.73 bits per heavy atom. The molecule has 1 aromatic heterocycles. The van der Waals surface area contributed by atoms with Gasteiger partial charge < -0.3 is 14.8 Å². The summed E-state index contributed by atoms with van der Waals surface area (Å²) in [7, 11) is 3.13. The third kappa shape index (κ3) is 5.18. The number of benzene rings is 3. The Kier molecular flexibility index (Phi) is 6.95. The summed E-state index contributed by atoms with van der Waals surface area (Å²) < 4.78 is 12.5. The summed E-state index contributed by atoms with van der Waals surface area (Å²) >= 11 is 1.33. The second-order valence-corrected chi connectivity index (χ2v) is 8.20. The lowest BCUT2D eigenvalue weighted by molar-refractivity contribution is -0.113. The second-order valence-electron chi connectivity index (χ2n) is 7.25. The molecule has 0 saturated heterocycles. The van der Waals surface area contributed by atoms with Gasteiger partial charge in [-0.2, -0.15) is 0 Å². The Morgan fingerprint density at radius 1 is 0.939 bits per heavy atom. The minimum absolute atomic E-state index is 0.160. The molecule has 0 aliphatic heterocycles. The van der Waals surface area contributed by atoms with Gasteiger partial charge in [0.1, 0.15) is 0 Å². The number of ether oxygens (including phenoxy) is 2. The van der Waals surface area contributed by atoms with Gasteiger partial charge in [-0.15, -0.1) is 10.2 Å². The number of hydrogen-bond donors (Lipinski definition) is 1. The number of carbonyl (C=O) groups excluding carboxylic acids is 1. The monoisotopic (exact) mass is 460 g/mol. The Hall–Kier alpha value is -3.78. The number of amides is 1. The molecule has 1 amide bonds. The molecule has 0 bridgehead atoms. The van der Waals surface area contributed by atoms with Gasteiger partial charge >= 0.3 is 0 Å². The fourth-order valence-corrected chi connectivity index (χ4v) is 4.14. The fourth-order valence-electron chi connectivity index (χ4n) is 3.39. The van der Waals surface area contributed by atoms with E-state index < -0.39 is 0 Å². The molecule has 33 heavy (non-hydrogen) atoms. The lowest BCUT2D eigenvalue weighted by atomic mass is 10.1. The van der Waals surface area contributed by atoms with Crippen molar-refractivity contribution in [2.45, 2.75) is 12.1 Å². The van der Waals surface area contributed by atoms with Gasteiger partial charge in [-0.05, 0) is 37.3 Å². The molecule has 0 saturated carbocycles. The van der Waals surface area contributed by atoms with Crippen LogP contribution in [0.2, 0.25) is 0 Å². The van der Waals surface area contributed by atoms with Gasteiger partial charge in [-0.1, -0.05) is 53.7 Å². The Bertz CT molecular complexity index is 1260. The van der Waals surface area contributed by atoms with E-state index in [1.165, 1.54) is 11.8 Å². The third-order valence-electron chi connectivity index (χ3n) is 4.92. The molecule has 3 aromatic carbocycles. The summed E-state index contributed by atoms with van der Waals surface area (Å²) in [4.78, 5) is 12.6. The van der Waals surface area contributed by atoms with Gasteiger partial charge in [0.25, 0.3) is 0 Å². The van der Waals surface area contributed by atoms with E-state index in [9.17, 15) is 4.79 Å². The normalized spacial score (nSPS) is 10.6. The molecule has 8 heteroatoms. The van der Waals surface area contributed by atoms with Crippen molar-refractivity contribution in [3.05, 3.63) is 78.4 Å². The smallest absolute Gasteiger partial charge is 0.234 e. The molecule has 168 valence electrons. The minimum Gasteiger partial charge on any atom is -0.493 e. The molecular formula is C25H24N4O3S. The molecule has 0 radical (unpaired) electrons. The number of para-hydroxylation sites is 1. The van der Waals surface area contributed by atoms with Crippen LogP contribution in [0, 0.1) is 6.92 Å². The van der Waals surface area contributed by atoms with Crippen molar-refractivity contribution in [2.24, 2.45) is 0 Å². The molecule has 1 heterocycles. The number of aromatic nitrogens is 3. The van der Waals surface area contributed by atoms with Crippen LogP contribution in [0.1, 0.15) is 5.56 Å². The van der Waals surface area contributed by atoms with E-state index in [1.54, 1.807) is 32.4 Å². The molecule has 7 nitrogen and oxygen atoms in total. The Morgan fingerprint density at radius 3 is 2.45 bits per heavy atom. The number of hydrogen-bond acceptors (Lipinski definition) is 6. The predicted molar refractivity (Wildman–Crippen MR) is 130 cm³/mol. The topological polar surface area (TPSA) is 78.3 Å². The number of aryl methyl sites for hydroxylation is 1. The molecule has 0 aliphatic carbocycles. The van der Waals surface area contributed by atoms with Gasteiger partial charge in [0.2, 0.25) is 5.91 Å². The zero-order valence-electron chi connectivity index (χ0n) is 18.6. The van der Waals surface area contributed by atoms with Crippen LogP contribution in [0.5, 0.6) is 11.5 Å². The van der Waals surface area contributed by atoms with Crippen LogP contribution >= 0.6 is 11.8 Å². The maximum atomic E-state index is 12.6. The van der Waals surface area contributed by atoms with Gasteiger partial charge in [0.15, 0.2) is 22.5 Å². The van der Waals surface area contributed by atoms with Crippen molar-refractivity contribution in [2.75, 3.05) is 25.3 Å². The molecule has 4 aromatic rings. The summed E-state index contributed by atoms with van der Waals surface area (Å²) in [5, 5.41) is 12.4. The number of anilines is 1. The van der Waals surface area contributed by atoms with Gasteiger partial charge in [-0.3, -0.25) is 9.36 Å². The van der Waals surface area contributed by atoms with Gasteiger partial charge in [0.05, 0.1) is 20.0 Å².